The molecule has 0 saturated heterocycles. The minimum absolute atomic E-state index is 0.0952. The molecule has 1 amide bonds. The lowest BCUT2D eigenvalue weighted by atomic mass is 9.97. The Morgan fingerprint density at radius 3 is 2.90 bits per heavy atom. The van der Waals surface area contributed by atoms with Gasteiger partial charge in [-0.05, 0) is 30.7 Å². The Labute approximate surface area is 176 Å². The highest BCUT2D eigenvalue weighted by molar-refractivity contribution is 5.97. The van der Waals surface area contributed by atoms with Crippen LogP contribution in [0, 0.1) is 5.82 Å². The second-order valence-corrected chi connectivity index (χ2v) is 7.04. The number of methoxy groups -OCH3 is 1. The number of anilines is 1. The van der Waals surface area contributed by atoms with Crippen LogP contribution in [0.25, 0.3) is 33.4 Å². The lowest BCUT2D eigenvalue weighted by Crippen LogP contribution is -2.25. The summed E-state index contributed by atoms with van der Waals surface area (Å²) in [4.78, 5) is 16.1. The van der Waals surface area contributed by atoms with Crippen molar-refractivity contribution in [2.75, 3.05) is 19.0 Å². The molecule has 0 saturated carbocycles. The van der Waals surface area contributed by atoms with E-state index in [0.29, 0.717) is 46.0 Å². The summed E-state index contributed by atoms with van der Waals surface area (Å²) < 4.78 is 27.8. The number of hydrogen-bond donors (Lipinski definition) is 1. The molecule has 0 radical (unpaired) electrons. The van der Waals surface area contributed by atoms with Crippen molar-refractivity contribution in [3.8, 4) is 33.8 Å². The number of nitrogens with zero attached hydrogens (tertiary/aromatic N) is 4. The molecule has 1 aliphatic rings. The van der Waals surface area contributed by atoms with E-state index in [2.05, 4.69) is 20.5 Å². The van der Waals surface area contributed by atoms with Crippen LogP contribution in [-0.2, 0) is 11.3 Å². The maximum absolute atomic E-state index is 14.9. The van der Waals surface area contributed by atoms with E-state index in [9.17, 15) is 9.18 Å². The number of ether oxygens (including phenoxy) is 2. The zero-order valence-corrected chi connectivity index (χ0v) is 16.8. The molecule has 1 aliphatic heterocycles. The van der Waals surface area contributed by atoms with Gasteiger partial charge in [-0.15, -0.1) is 5.10 Å². The van der Waals surface area contributed by atoms with E-state index in [0.717, 1.165) is 11.1 Å². The van der Waals surface area contributed by atoms with Gasteiger partial charge >= 0.3 is 0 Å². The van der Waals surface area contributed by atoms with Crippen molar-refractivity contribution < 1.29 is 18.7 Å². The first-order valence-electron chi connectivity index (χ1n) is 9.70. The Bertz CT molecular complexity index is 1330. The first kappa shape index (κ1) is 19.0. The Hall–Kier alpha value is -4.01. The predicted molar refractivity (Wildman–Crippen MR) is 113 cm³/mol. The summed E-state index contributed by atoms with van der Waals surface area (Å²) in [6.07, 6.45) is 3.33. The standard InChI is InChI=1S/C22H18FN5O3/c1-3-28-11-24-21-15(9-25-27-22(21)28)12-4-5-16(23)13(6-12)14-7-19-17(8-18(14)30-2)26-20(29)10-31-19/h4-9,11H,3,10H2,1-2H3,(H,26,29). The number of aromatic nitrogens is 4. The molecule has 2 aromatic carbocycles. The molecule has 3 heterocycles. The quantitative estimate of drug-likeness (QED) is 0.543. The first-order valence-corrected chi connectivity index (χ1v) is 9.70. The van der Waals surface area contributed by atoms with Crippen LogP contribution in [0.3, 0.4) is 0 Å². The van der Waals surface area contributed by atoms with Crippen molar-refractivity contribution in [2.24, 2.45) is 0 Å². The van der Waals surface area contributed by atoms with Gasteiger partial charge in [0.05, 0.1) is 25.3 Å². The van der Waals surface area contributed by atoms with E-state index < -0.39 is 5.82 Å². The second kappa shape index (κ2) is 7.35. The number of aryl methyl sites for hydroxylation is 1. The van der Waals surface area contributed by atoms with Crippen molar-refractivity contribution in [2.45, 2.75) is 13.5 Å². The Kier molecular flexibility index (Phi) is 4.50. The van der Waals surface area contributed by atoms with Gasteiger partial charge in [-0.1, -0.05) is 6.07 Å². The fourth-order valence-electron chi connectivity index (χ4n) is 3.70. The third-order valence-electron chi connectivity index (χ3n) is 5.25. The number of halogens is 1. The summed E-state index contributed by atoms with van der Waals surface area (Å²) in [5.41, 5.74) is 4.18. The van der Waals surface area contributed by atoms with Gasteiger partial charge in [-0.25, -0.2) is 9.37 Å². The molecule has 1 N–H and O–H groups in total. The molecular formula is C22H18FN5O3. The van der Waals surface area contributed by atoms with E-state index in [4.69, 9.17) is 9.47 Å². The highest BCUT2D eigenvalue weighted by Crippen LogP contribution is 2.42. The van der Waals surface area contributed by atoms with Gasteiger partial charge in [0, 0.05) is 29.3 Å². The van der Waals surface area contributed by atoms with Gasteiger partial charge in [-0.2, -0.15) is 5.10 Å². The molecule has 9 heteroatoms. The number of benzene rings is 2. The number of nitrogens with one attached hydrogen (secondary N) is 1. The zero-order chi connectivity index (χ0) is 21.5. The van der Waals surface area contributed by atoms with Gasteiger partial charge in [0.15, 0.2) is 12.3 Å². The van der Waals surface area contributed by atoms with Crippen molar-refractivity contribution in [1.82, 2.24) is 19.7 Å². The number of imidazole rings is 1. The summed E-state index contributed by atoms with van der Waals surface area (Å²) in [5, 5.41) is 11.0. The lowest BCUT2D eigenvalue weighted by Gasteiger charge is -2.21. The van der Waals surface area contributed by atoms with E-state index in [1.54, 1.807) is 36.8 Å². The molecule has 4 aromatic rings. The smallest absolute Gasteiger partial charge is 0.262 e. The van der Waals surface area contributed by atoms with Gasteiger partial charge in [-0.3, -0.25) is 4.79 Å². The van der Waals surface area contributed by atoms with E-state index >= 15 is 0 Å². The molecule has 0 fully saturated rings. The van der Waals surface area contributed by atoms with Gasteiger partial charge < -0.3 is 19.4 Å². The number of rotatable bonds is 4. The van der Waals surface area contributed by atoms with Gasteiger partial charge in [0.1, 0.15) is 22.8 Å². The Morgan fingerprint density at radius 1 is 1.23 bits per heavy atom. The number of amides is 1. The monoisotopic (exact) mass is 419 g/mol. The average Bonchev–Trinajstić information content (AvgIpc) is 3.22. The molecule has 0 bridgehead atoms. The van der Waals surface area contributed by atoms with Crippen LogP contribution >= 0.6 is 0 Å². The van der Waals surface area contributed by atoms with Crippen molar-refractivity contribution in [3.05, 3.63) is 48.7 Å². The normalized spacial score (nSPS) is 12.9. The van der Waals surface area contributed by atoms with E-state index in [1.807, 2.05) is 11.5 Å². The SMILES string of the molecule is CCn1cnc2c(-c3ccc(F)c(-c4cc5c(cc4OC)NC(=O)CO5)c3)cnnc21. The molecule has 8 nitrogen and oxygen atoms in total. The minimum Gasteiger partial charge on any atom is -0.496 e. The molecule has 0 atom stereocenters. The average molecular weight is 419 g/mol. The molecular weight excluding hydrogens is 401 g/mol. The lowest BCUT2D eigenvalue weighted by molar-refractivity contribution is -0.118. The summed E-state index contributed by atoms with van der Waals surface area (Å²) >= 11 is 0. The number of hydrogen-bond acceptors (Lipinski definition) is 6. The number of fused-ring (bicyclic) bond motifs is 2. The third-order valence-corrected chi connectivity index (χ3v) is 5.25. The molecule has 0 aliphatic carbocycles. The van der Waals surface area contributed by atoms with Crippen LogP contribution in [0.5, 0.6) is 11.5 Å². The second-order valence-electron chi connectivity index (χ2n) is 7.04. The summed E-state index contributed by atoms with van der Waals surface area (Å²) in [6.45, 7) is 2.62. The van der Waals surface area contributed by atoms with E-state index in [-0.39, 0.29) is 12.5 Å². The fraction of sp³-hybridized carbons (Fsp3) is 0.182. The topological polar surface area (TPSA) is 91.2 Å². The van der Waals surface area contributed by atoms with Crippen LogP contribution < -0.4 is 14.8 Å². The summed E-state index contributed by atoms with van der Waals surface area (Å²) in [6, 6.07) is 8.10. The van der Waals surface area contributed by atoms with Gasteiger partial charge in [0.2, 0.25) is 0 Å². The zero-order valence-electron chi connectivity index (χ0n) is 16.8. The molecule has 31 heavy (non-hydrogen) atoms. The molecule has 2 aromatic heterocycles. The number of carbonyl (C=O) groups is 1. The molecule has 156 valence electrons. The maximum Gasteiger partial charge on any atom is 0.262 e. The van der Waals surface area contributed by atoms with Crippen molar-refractivity contribution >= 4 is 22.8 Å². The van der Waals surface area contributed by atoms with E-state index in [1.165, 1.54) is 13.2 Å². The Balaban J connectivity index is 1.67. The number of carbonyl (C=O) groups excluding carboxylic acids is 1. The highest BCUT2D eigenvalue weighted by atomic mass is 19.1. The van der Waals surface area contributed by atoms with Crippen LogP contribution in [0.2, 0.25) is 0 Å². The van der Waals surface area contributed by atoms with Crippen molar-refractivity contribution in [1.29, 1.82) is 0 Å². The van der Waals surface area contributed by atoms with Crippen LogP contribution in [-0.4, -0.2) is 39.4 Å². The summed E-state index contributed by atoms with van der Waals surface area (Å²) in [5.74, 6) is 0.194. The predicted octanol–water partition coefficient (Wildman–Crippen LogP) is 3.66. The molecule has 0 spiro atoms. The summed E-state index contributed by atoms with van der Waals surface area (Å²) in [7, 11) is 1.49. The van der Waals surface area contributed by atoms with Crippen molar-refractivity contribution in [3.63, 3.8) is 0 Å². The molecule has 0 unspecified atom stereocenters. The third kappa shape index (κ3) is 3.14. The Morgan fingerprint density at radius 2 is 2.10 bits per heavy atom. The van der Waals surface area contributed by atoms with Crippen LogP contribution in [0.4, 0.5) is 10.1 Å². The largest absolute Gasteiger partial charge is 0.496 e. The van der Waals surface area contributed by atoms with Crippen LogP contribution in [0.1, 0.15) is 6.92 Å². The van der Waals surface area contributed by atoms with Gasteiger partial charge in [0.25, 0.3) is 5.91 Å². The fourth-order valence-corrected chi connectivity index (χ4v) is 3.70. The highest BCUT2D eigenvalue weighted by Gasteiger charge is 2.22. The minimum atomic E-state index is -0.417. The van der Waals surface area contributed by atoms with Crippen LogP contribution in [0.15, 0.2) is 42.9 Å². The maximum atomic E-state index is 14.9. The molecule has 5 rings (SSSR count). The first-order chi connectivity index (χ1) is 15.1.